The van der Waals surface area contributed by atoms with Crippen LogP contribution in [0.25, 0.3) is 0 Å². The molecule has 162 valence electrons. The second-order valence-electron chi connectivity index (χ2n) is 8.21. The summed E-state index contributed by atoms with van der Waals surface area (Å²) in [6, 6.07) is 8.22. The first-order chi connectivity index (χ1) is 13.9. The molecule has 1 aliphatic carbocycles. The third-order valence-electron chi connectivity index (χ3n) is 5.79. The third-order valence-corrected chi connectivity index (χ3v) is 6.94. The van der Waals surface area contributed by atoms with E-state index in [1.54, 1.807) is 11.8 Å². The molecule has 5 nitrogen and oxygen atoms in total. The molecule has 1 fully saturated rings. The molecule has 0 heterocycles. The van der Waals surface area contributed by atoms with Crippen molar-refractivity contribution in [2.45, 2.75) is 81.8 Å². The molecule has 0 amide bonds. The number of aliphatic hydroxyl groups excluding tert-OH is 2. The maximum atomic E-state index is 12.3. The van der Waals surface area contributed by atoms with Gasteiger partial charge in [0.1, 0.15) is 5.78 Å². The number of aliphatic carboxylic acids is 1. The number of benzene rings is 1. The highest BCUT2D eigenvalue weighted by molar-refractivity contribution is 7.99. The lowest BCUT2D eigenvalue weighted by Crippen LogP contribution is -2.23. The molecule has 0 spiro atoms. The molecule has 1 aromatic rings. The van der Waals surface area contributed by atoms with E-state index in [-0.39, 0.29) is 30.5 Å². The smallest absolute Gasteiger partial charge is 0.303 e. The summed E-state index contributed by atoms with van der Waals surface area (Å²) in [5.41, 5.74) is 1.21. The van der Waals surface area contributed by atoms with Crippen molar-refractivity contribution in [3.63, 3.8) is 0 Å². The fraction of sp³-hybridized carbons (Fsp3) is 0.652. The van der Waals surface area contributed by atoms with Crippen molar-refractivity contribution in [3.8, 4) is 0 Å². The molecule has 2 rings (SSSR count). The van der Waals surface area contributed by atoms with Gasteiger partial charge in [-0.2, -0.15) is 0 Å². The molecular formula is C23H34O5S. The highest BCUT2D eigenvalue weighted by atomic mass is 32.2. The lowest BCUT2D eigenvalue weighted by molar-refractivity contribution is -0.137. The van der Waals surface area contributed by atoms with Crippen molar-refractivity contribution in [3.05, 3.63) is 29.8 Å². The minimum absolute atomic E-state index is 0.0689. The number of rotatable bonds is 13. The summed E-state index contributed by atoms with van der Waals surface area (Å²) in [6.45, 7) is 2.05. The van der Waals surface area contributed by atoms with Crippen molar-refractivity contribution < 1.29 is 24.9 Å². The largest absolute Gasteiger partial charge is 0.481 e. The van der Waals surface area contributed by atoms with Gasteiger partial charge >= 0.3 is 5.97 Å². The van der Waals surface area contributed by atoms with E-state index >= 15 is 0 Å². The second kappa shape index (κ2) is 12.4. The zero-order valence-electron chi connectivity index (χ0n) is 17.3. The minimum atomic E-state index is -0.766. The average Bonchev–Trinajstić information content (AvgIpc) is 2.94. The maximum absolute atomic E-state index is 12.3. The second-order valence-corrected chi connectivity index (χ2v) is 9.30. The first-order valence-corrected chi connectivity index (χ1v) is 11.7. The zero-order chi connectivity index (χ0) is 21.2. The van der Waals surface area contributed by atoms with E-state index in [1.165, 1.54) is 5.56 Å². The molecule has 2 unspecified atom stereocenters. The number of carbonyl (C=O) groups is 2. The van der Waals surface area contributed by atoms with E-state index in [0.717, 1.165) is 30.6 Å². The van der Waals surface area contributed by atoms with Crippen molar-refractivity contribution in [1.29, 1.82) is 0 Å². The normalized spacial score (nSPS) is 22.7. The number of aryl methyl sites for hydroxylation is 1. The van der Waals surface area contributed by atoms with Crippen LogP contribution in [0.1, 0.15) is 63.4 Å². The van der Waals surface area contributed by atoms with Crippen molar-refractivity contribution >= 4 is 23.5 Å². The molecule has 6 heteroatoms. The standard InChI is InChI=1S/C23H34O5S/c1-16-8-11-18(12-9-16)29-15-17(24)10-13-20-19(21(25)14-22(20)26)6-4-2-3-5-7-23(27)28/h8-9,11-12,17,19-20,22,24,26H,2-7,10,13-15H2,1H3,(H,27,28)/t17?,19?,20-,22-/m1/s1. The highest BCUT2D eigenvalue weighted by Gasteiger charge is 2.40. The Hall–Kier alpha value is -1.37. The molecule has 1 aromatic carbocycles. The summed E-state index contributed by atoms with van der Waals surface area (Å²) >= 11 is 1.62. The number of hydrogen-bond acceptors (Lipinski definition) is 5. The minimum Gasteiger partial charge on any atom is -0.481 e. The first kappa shape index (κ1) is 23.9. The van der Waals surface area contributed by atoms with Gasteiger partial charge < -0.3 is 15.3 Å². The van der Waals surface area contributed by atoms with Crippen LogP contribution in [0.3, 0.4) is 0 Å². The summed E-state index contributed by atoms with van der Waals surface area (Å²) in [4.78, 5) is 24.0. The quantitative estimate of drug-likeness (QED) is 0.325. The summed E-state index contributed by atoms with van der Waals surface area (Å²) in [7, 11) is 0. The van der Waals surface area contributed by atoms with Gasteiger partial charge in [0.15, 0.2) is 0 Å². The highest BCUT2D eigenvalue weighted by Crippen LogP contribution is 2.37. The number of unbranched alkanes of at least 4 members (excludes halogenated alkanes) is 3. The Bertz CT molecular complexity index is 645. The number of hydrogen-bond donors (Lipinski definition) is 3. The molecule has 4 atom stereocenters. The fourth-order valence-corrected chi connectivity index (χ4v) is 4.95. The van der Waals surface area contributed by atoms with Gasteiger partial charge in [0.25, 0.3) is 0 Å². The first-order valence-electron chi connectivity index (χ1n) is 10.7. The SMILES string of the molecule is Cc1ccc(SCC(O)CC[C@@H]2C(CCCCCCC(=O)O)C(=O)C[C@H]2O)cc1. The fourth-order valence-electron chi connectivity index (χ4n) is 4.07. The average molecular weight is 423 g/mol. The van der Waals surface area contributed by atoms with Gasteiger partial charge in [-0.05, 0) is 50.7 Å². The molecule has 0 bridgehead atoms. The number of aliphatic hydroxyl groups is 2. The number of carbonyl (C=O) groups excluding carboxylic acids is 1. The Morgan fingerprint density at radius 1 is 1.14 bits per heavy atom. The number of carboxylic acids is 1. The summed E-state index contributed by atoms with van der Waals surface area (Å²) in [5.74, 6) is -0.217. The predicted octanol–water partition coefficient (Wildman–Crippen LogP) is 4.22. The lowest BCUT2D eigenvalue weighted by atomic mass is 9.85. The van der Waals surface area contributed by atoms with Crippen LogP contribution in [0.15, 0.2) is 29.2 Å². The predicted molar refractivity (Wildman–Crippen MR) is 115 cm³/mol. The third kappa shape index (κ3) is 8.49. The van der Waals surface area contributed by atoms with E-state index in [9.17, 15) is 19.8 Å². The number of thioether (sulfide) groups is 1. The van der Waals surface area contributed by atoms with Crippen LogP contribution in [-0.4, -0.2) is 45.0 Å². The van der Waals surface area contributed by atoms with Crippen LogP contribution >= 0.6 is 11.8 Å². The monoisotopic (exact) mass is 422 g/mol. The Morgan fingerprint density at radius 3 is 2.52 bits per heavy atom. The number of Topliss-reactive ketones (excluding diaryl/α,β-unsaturated/α-hetero) is 1. The summed E-state index contributed by atoms with van der Waals surface area (Å²) < 4.78 is 0. The van der Waals surface area contributed by atoms with E-state index in [4.69, 9.17) is 5.11 Å². The molecule has 1 saturated carbocycles. The van der Waals surface area contributed by atoms with Crippen molar-refractivity contribution in [2.75, 3.05) is 5.75 Å². The Kier molecular flexibility index (Phi) is 10.2. The topological polar surface area (TPSA) is 94.8 Å². The Balaban J connectivity index is 1.71. The van der Waals surface area contributed by atoms with Gasteiger partial charge in [-0.15, -0.1) is 11.8 Å². The van der Waals surface area contributed by atoms with Gasteiger partial charge in [0.05, 0.1) is 12.2 Å². The van der Waals surface area contributed by atoms with Crippen LogP contribution in [0, 0.1) is 18.8 Å². The number of ketones is 1. The molecule has 0 saturated heterocycles. The summed E-state index contributed by atoms with van der Waals surface area (Å²) in [6.07, 6.45) is 4.68. The molecule has 1 aliphatic rings. The van der Waals surface area contributed by atoms with Gasteiger partial charge in [0, 0.05) is 29.4 Å². The molecule has 0 aliphatic heterocycles. The van der Waals surface area contributed by atoms with Crippen LogP contribution < -0.4 is 0 Å². The molecule has 0 aromatic heterocycles. The molecule has 0 radical (unpaired) electrons. The van der Waals surface area contributed by atoms with Crippen LogP contribution in [0.4, 0.5) is 0 Å². The molecule has 3 N–H and O–H groups in total. The van der Waals surface area contributed by atoms with E-state index in [2.05, 4.69) is 24.3 Å². The van der Waals surface area contributed by atoms with Crippen LogP contribution in [-0.2, 0) is 9.59 Å². The van der Waals surface area contributed by atoms with Gasteiger partial charge in [-0.25, -0.2) is 0 Å². The van der Waals surface area contributed by atoms with E-state index in [1.807, 2.05) is 6.92 Å². The van der Waals surface area contributed by atoms with Crippen LogP contribution in [0.5, 0.6) is 0 Å². The van der Waals surface area contributed by atoms with Gasteiger partial charge in [0.2, 0.25) is 0 Å². The maximum Gasteiger partial charge on any atom is 0.303 e. The van der Waals surface area contributed by atoms with E-state index < -0.39 is 18.2 Å². The lowest BCUT2D eigenvalue weighted by Gasteiger charge is -2.22. The molecular weight excluding hydrogens is 388 g/mol. The van der Waals surface area contributed by atoms with Crippen molar-refractivity contribution in [2.24, 2.45) is 11.8 Å². The van der Waals surface area contributed by atoms with E-state index in [0.29, 0.717) is 25.0 Å². The van der Waals surface area contributed by atoms with Gasteiger partial charge in [-0.3, -0.25) is 9.59 Å². The van der Waals surface area contributed by atoms with Crippen molar-refractivity contribution in [1.82, 2.24) is 0 Å². The summed E-state index contributed by atoms with van der Waals surface area (Å²) in [5, 5.41) is 29.3. The molecule has 29 heavy (non-hydrogen) atoms. The Labute approximate surface area is 177 Å². The zero-order valence-corrected chi connectivity index (χ0v) is 18.1. The van der Waals surface area contributed by atoms with Gasteiger partial charge in [-0.1, -0.05) is 37.0 Å². The number of carboxylic acid groups (broad SMARTS) is 1. The Morgan fingerprint density at radius 2 is 1.83 bits per heavy atom. The van der Waals surface area contributed by atoms with Crippen LogP contribution in [0.2, 0.25) is 0 Å².